The molecule has 0 atom stereocenters. The van der Waals surface area contributed by atoms with Gasteiger partial charge in [-0.15, -0.1) is 0 Å². The Balaban J connectivity index is 1.37. The molecule has 2 aromatic heterocycles. The van der Waals surface area contributed by atoms with Gasteiger partial charge in [-0.1, -0.05) is 127 Å². The number of fused-ring (bicyclic) bond motifs is 3. The lowest BCUT2D eigenvalue weighted by atomic mass is 9.90. The van der Waals surface area contributed by atoms with Crippen molar-refractivity contribution in [2.45, 2.75) is 13.8 Å². The van der Waals surface area contributed by atoms with Crippen molar-refractivity contribution in [2.75, 3.05) is 0 Å². The summed E-state index contributed by atoms with van der Waals surface area (Å²) < 4.78 is 2.22. The van der Waals surface area contributed by atoms with Crippen LogP contribution in [0.1, 0.15) is 22.3 Å². The van der Waals surface area contributed by atoms with Crippen LogP contribution in [0, 0.1) is 49.7 Å². The number of nitrogens with zero attached hydrogens (tertiary/aromatic N) is 8. The van der Waals surface area contributed by atoms with Gasteiger partial charge in [-0.25, -0.2) is 24.6 Å². The fourth-order valence-corrected chi connectivity index (χ4v) is 8.69. The molecule has 8 aromatic carbocycles. The largest absolute Gasteiger partial charge is 0.308 e. The first kappa shape index (κ1) is 39.7. The van der Waals surface area contributed by atoms with E-state index < -0.39 is 0 Å². The standard InChI is InChI=1S/C57H34N8/c1-35-19-21-47(36(2)23-35)41-20-22-53-51(29-41)48-17-11-12-18-52(48)65(53)54-49(42-25-37(33-58)24-38(26-42)34-59)30-44(31-50(54)43-27-45(60-3)32-46(28-43)61-4)57-63-55(39-13-7-5-8-14-39)62-56(64-57)40-15-9-6-10-16-40/h5-32H,1-2H3. The fourth-order valence-electron chi connectivity index (χ4n) is 8.69. The van der Waals surface area contributed by atoms with E-state index in [2.05, 4.69) is 88.8 Å². The van der Waals surface area contributed by atoms with Crippen molar-refractivity contribution >= 4 is 33.2 Å². The van der Waals surface area contributed by atoms with Gasteiger partial charge in [0, 0.05) is 38.6 Å². The Bertz CT molecular complexity index is 3510. The Labute approximate surface area is 375 Å². The third-order valence-corrected chi connectivity index (χ3v) is 11.6. The number of para-hydroxylation sites is 1. The van der Waals surface area contributed by atoms with Crippen LogP contribution in [0.4, 0.5) is 11.4 Å². The molecule has 0 unspecified atom stereocenters. The summed E-state index contributed by atoms with van der Waals surface area (Å²) in [5, 5.41) is 22.7. The lowest BCUT2D eigenvalue weighted by molar-refractivity contribution is 1.07. The molecule has 8 heteroatoms. The Kier molecular flexibility index (Phi) is 10.0. The molecule has 0 amide bonds. The molecule has 0 fully saturated rings. The third-order valence-electron chi connectivity index (χ3n) is 11.6. The molecule has 0 spiro atoms. The highest BCUT2D eigenvalue weighted by Crippen LogP contribution is 2.46. The minimum Gasteiger partial charge on any atom is -0.308 e. The normalized spacial score (nSPS) is 10.9. The van der Waals surface area contributed by atoms with Crippen molar-refractivity contribution < 1.29 is 0 Å². The Morgan fingerprint density at radius 3 is 1.55 bits per heavy atom. The topological polar surface area (TPSA) is 99.9 Å². The number of hydrogen-bond acceptors (Lipinski definition) is 5. The van der Waals surface area contributed by atoms with Crippen LogP contribution in [0.2, 0.25) is 0 Å². The first-order valence-electron chi connectivity index (χ1n) is 20.8. The third kappa shape index (κ3) is 7.30. The van der Waals surface area contributed by atoms with Gasteiger partial charge in [0.15, 0.2) is 28.8 Å². The molecule has 65 heavy (non-hydrogen) atoms. The molecule has 0 saturated heterocycles. The molecule has 0 saturated carbocycles. The van der Waals surface area contributed by atoms with Crippen LogP contribution < -0.4 is 0 Å². The highest BCUT2D eigenvalue weighted by molar-refractivity contribution is 6.12. The molecular formula is C57H34N8. The molecule has 8 nitrogen and oxygen atoms in total. The zero-order valence-corrected chi connectivity index (χ0v) is 35.2. The van der Waals surface area contributed by atoms with Gasteiger partial charge in [-0.2, -0.15) is 10.5 Å². The molecule has 0 N–H and O–H groups in total. The van der Waals surface area contributed by atoms with Crippen LogP contribution >= 0.6 is 0 Å². The summed E-state index contributed by atoms with van der Waals surface area (Å²) in [5.41, 5.74) is 13.2. The minimum atomic E-state index is 0.308. The lowest BCUT2D eigenvalue weighted by Crippen LogP contribution is -2.04. The van der Waals surface area contributed by atoms with E-state index in [-0.39, 0.29) is 0 Å². The number of aryl methyl sites for hydroxylation is 2. The van der Waals surface area contributed by atoms with Gasteiger partial charge in [0.25, 0.3) is 0 Å². The van der Waals surface area contributed by atoms with E-state index in [0.29, 0.717) is 67.8 Å². The van der Waals surface area contributed by atoms with E-state index in [9.17, 15) is 10.5 Å². The van der Waals surface area contributed by atoms with Crippen molar-refractivity contribution in [3.05, 3.63) is 215 Å². The average Bonchev–Trinajstić information content (AvgIpc) is 3.69. The maximum absolute atomic E-state index is 10.3. The molecular weight excluding hydrogens is 797 g/mol. The predicted octanol–water partition coefficient (Wildman–Crippen LogP) is 14.4. The molecule has 0 aliphatic heterocycles. The van der Waals surface area contributed by atoms with Crippen molar-refractivity contribution in [1.82, 2.24) is 19.5 Å². The summed E-state index contributed by atoms with van der Waals surface area (Å²) in [7, 11) is 0. The summed E-state index contributed by atoms with van der Waals surface area (Å²) in [5.74, 6) is 1.34. The number of benzene rings is 8. The van der Waals surface area contributed by atoms with Gasteiger partial charge in [0.05, 0.1) is 53.1 Å². The SMILES string of the molecule is [C-]#[N+]c1cc([N+]#[C-])cc(-c2cc(-c3nc(-c4ccccc4)nc(-c4ccccc4)n3)cc(-c3cc(C#N)cc(C#N)c3)c2-n2c3ccccc3c3cc(-c4ccc(C)cc4C)ccc32)c1. The minimum absolute atomic E-state index is 0.308. The average molecular weight is 831 g/mol. The zero-order chi connectivity index (χ0) is 44.6. The summed E-state index contributed by atoms with van der Waals surface area (Å²) >= 11 is 0. The van der Waals surface area contributed by atoms with E-state index in [0.717, 1.165) is 49.7 Å². The summed E-state index contributed by atoms with van der Waals surface area (Å²) in [6.07, 6.45) is 0. The molecule has 0 aliphatic carbocycles. The van der Waals surface area contributed by atoms with Gasteiger partial charge in [-0.3, -0.25) is 0 Å². The lowest BCUT2D eigenvalue weighted by Gasteiger charge is -2.22. The van der Waals surface area contributed by atoms with Crippen LogP contribution in [0.25, 0.3) is 105 Å². The summed E-state index contributed by atoms with van der Waals surface area (Å²) in [4.78, 5) is 22.8. The first-order valence-corrected chi connectivity index (χ1v) is 20.8. The summed E-state index contributed by atoms with van der Waals surface area (Å²) in [6.45, 7) is 20.4. The zero-order valence-electron chi connectivity index (χ0n) is 35.2. The van der Waals surface area contributed by atoms with Crippen molar-refractivity contribution in [2.24, 2.45) is 0 Å². The van der Waals surface area contributed by atoms with Crippen LogP contribution in [-0.2, 0) is 0 Å². The van der Waals surface area contributed by atoms with Crippen molar-refractivity contribution in [1.29, 1.82) is 10.5 Å². The molecule has 10 rings (SSSR count). The highest BCUT2D eigenvalue weighted by Gasteiger charge is 2.24. The van der Waals surface area contributed by atoms with Crippen LogP contribution in [0.15, 0.2) is 170 Å². The number of rotatable bonds is 7. The number of aromatic nitrogens is 4. The monoisotopic (exact) mass is 830 g/mol. The molecule has 0 bridgehead atoms. The van der Waals surface area contributed by atoms with Crippen LogP contribution in [0.5, 0.6) is 0 Å². The molecule has 0 aliphatic rings. The molecule has 10 aromatic rings. The van der Waals surface area contributed by atoms with Gasteiger partial charge in [-0.05, 0) is 90.2 Å². The van der Waals surface area contributed by atoms with Crippen LogP contribution in [0.3, 0.4) is 0 Å². The van der Waals surface area contributed by atoms with E-state index in [1.165, 1.54) is 11.1 Å². The molecule has 0 radical (unpaired) electrons. The Morgan fingerprint density at radius 2 is 0.985 bits per heavy atom. The second-order valence-corrected chi connectivity index (χ2v) is 15.8. The van der Waals surface area contributed by atoms with Crippen molar-refractivity contribution in [3.63, 3.8) is 0 Å². The van der Waals surface area contributed by atoms with Gasteiger partial charge in [0.2, 0.25) is 0 Å². The van der Waals surface area contributed by atoms with E-state index >= 15 is 0 Å². The highest BCUT2D eigenvalue weighted by atomic mass is 15.0. The van der Waals surface area contributed by atoms with E-state index in [4.69, 9.17) is 28.1 Å². The quantitative estimate of drug-likeness (QED) is 0.149. The second-order valence-electron chi connectivity index (χ2n) is 15.8. The maximum Gasteiger partial charge on any atom is 0.177 e. The predicted molar refractivity (Wildman–Crippen MR) is 258 cm³/mol. The summed E-state index contributed by atoms with van der Waals surface area (Å²) in [6, 6.07) is 59.7. The van der Waals surface area contributed by atoms with Crippen molar-refractivity contribution in [3.8, 4) is 85.4 Å². The van der Waals surface area contributed by atoms with Gasteiger partial charge >= 0.3 is 0 Å². The van der Waals surface area contributed by atoms with Crippen LogP contribution in [-0.4, -0.2) is 19.5 Å². The second kappa shape index (κ2) is 16.4. The fraction of sp³-hybridized carbons (Fsp3) is 0.0351. The number of hydrogen-bond donors (Lipinski definition) is 0. The van der Waals surface area contributed by atoms with E-state index in [1.807, 2.05) is 84.9 Å². The van der Waals surface area contributed by atoms with Gasteiger partial charge in [0.1, 0.15) is 0 Å². The van der Waals surface area contributed by atoms with E-state index in [1.54, 1.807) is 36.4 Å². The smallest absolute Gasteiger partial charge is 0.177 e. The maximum atomic E-state index is 10.3. The van der Waals surface area contributed by atoms with Gasteiger partial charge < -0.3 is 4.57 Å². The number of nitriles is 2. The molecule has 2 heterocycles. The Hall–Kier alpha value is -9.47. The molecule has 302 valence electrons. The Morgan fingerprint density at radius 1 is 0.446 bits per heavy atom. The first-order chi connectivity index (χ1) is 31.8.